The van der Waals surface area contributed by atoms with Gasteiger partial charge in [0.1, 0.15) is 12.4 Å². The van der Waals surface area contributed by atoms with E-state index in [4.69, 9.17) is 9.84 Å². The Morgan fingerprint density at radius 2 is 2.18 bits per heavy atom. The fraction of sp³-hybridized carbons (Fsp3) is 0.357. The number of carbonyl (C=O) groups is 1. The zero-order chi connectivity index (χ0) is 12.7. The number of carboxylic acids is 1. The highest BCUT2D eigenvalue weighted by Crippen LogP contribution is 2.14. The largest absolute Gasteiger partial charge is 0.490 e. The van der Waals surface area contributed by atoms with Gasteiger partial charge in [0.05, 0.1) is 0 Å². The van der Waals surface area contributed by atoms with Crippen LogP contribution in [-0.4, -0.2) is 17.7 Å². The lowest BCUT2D eigenvalue weighted by Crippen LogP contribution is -2.03. The molecule has 0 heterocycles. The summed E-state index contributed by atoms with van der Waals surface area (Å²) in [5.74, 6) is -0.0974. The zero-order valence-corrected chi connectivity index (χ0v) is 10.3. The van der Waals surface area contributed by atoms with Crippen LogP contribution < -0.4 is 4.74 Å². The van der Waals surface area contributed by atoms with Crippen LogP contribution >= 0.6 is 0 Å². The van der Waals surface area contributed by atoms with Gasteiger partial charge in [-0.2, -0.15) is 0 Å². The Labute approximate surface area is 102 Å². The van der Waals surface area contributed by atoms with E-state index in [1.54, 1.807) is 6.08 Å². The van der Waals surface area contributed by atoms with Gasteiger partial charge in [0.15, 0.2) is 0 Å². The summed E-state index contributed by atoms with van der Waals surface area (Å²) in [6.07, 6.45) is 3.08. The summed E-state index contributed by atoms with van der Waals surface area (Å²) < 4.78 is 5.49. The van der Waals surface area contributed by atoms with Crippen LogP contribution in [0.4, 0.5) is 0 Å². The van der Waals surface area contributed by atoms with Crippen molar-refractivity contribution in [2.24, 2.45) is 0 Å². The average Bonchev–Trinajstić information content (AvgIpc) is 2.34. The lowest BCUT2D eigenvalue weighted by Gasteiger charge is -2.05. The normalized spacial score (nSPS) is 11.3. The SMILES string of the molecule is CCC(=CCOc1cccc(CC)c1)C(=O)O. The van der Waals surface area contributed by atoms with Crippen molar-refractivity contribution in [1.82, 2.24) is 0 Å². The zero-order valence-electron chi connectivity index (χ0n) is 10.3. The number of hydrogen-bond donors (Lipinski definition) is 1. The molecule has 17 heavy (non-hydrogen) atoms. The minimum absolute atomic E-state index is 0.294. The molecule has 3 heteroatoms. The molecule has 0 unspecified atom stereocenters. The van der Waals surface area contributed by atoms with E-state index in [1.165, 1.54) is 5.56 Å². The molecule has 1 N–H and O–H groups in total. The first-order chi connectivity index (χ1) is 8.17. The molecule has 3 nitrogen and oxygen atoms in total. The van der Waals surface area contributed by atoms with Crippen LogP contribution in [0.15, 0.2) is 35.9 Å². The number of aliphatic carboxylic acids is 1. The molecular weight excluding hydrogens is 216 g/mol. The fourth-order valence-electron chi connectivity index (χ4n) is 1.48. The van der Waals surface area contributed by atoms with Crippen LogP contribution in [0.3, 0.4) is 0 Å². The van der Waals surface area contributed by atoms with Gasteiger partial charge in [-0.25, -0.2) is 4.79 Å². The molecule has 1 aromatic rings. The van der Waals surface area contributed by atoms with E-state index in [0.717, 1.165) is 12.2 Å². The average molecular weight is 234 g/mol. The van der Waals surface area contributed by atoms with Crippen LogP contribution in [0.25, 0.3) is 0 Å². The van der Waals surface area contributed by atoms with Gasteiger partial charge in [-0.05, 0) is 36.6 Å². The highest BCUT2D eigenvalue weighted by atomic mass is 16.5. The highest BCUT2D eigenvalue weighted by molar-refractivity contribution is 5.86. The van der Waals surface area contributed by atoms with Gasteiger partial charge >= 0.3 is 5.97 Å². The van der Waals surface area contributed by atoms with Crippen molar-refractivity contribution in [2.45, 2.75) is 26.7 Å². The maximum absolute atomic E-state index is 10.7. The van der Waals surface area contributed by atoms with Crippen molar-refractivity contribution in [3.63, 3.8) is 0 Å². The van der Waals surface area contributed by atoms with Crippen LogP contribution in [0, 0.1) is 0 Å². The van der Waals surface area contributed by atoms with Gasteiger partial charge in [-0.15, -0.1) is 0 Å². The van der Waals surface area contributed by atoms with Gasteiger partial charge < -0.3 is 9.84 Å². The van der Waals surface area contributed by atoms with Crippen molar-refractivity contribution < 1.29 is 14.6 Å². The van der Waals surface area contributed by atoms with Gasteiger partial charge in [0, 0.05) is 5.57 Å². The predicted octanol–water partition coefficient (Wildman–Crippen LogP) is 3.05. The number of carboxylic acid groups (broad SMARTS) is 1. The lowest BCUT2D eigenvalue weighted by atomic mass is 10.2. The molecule has 92 valence electrons. The van der Waals surface area contributed by atoms with E-state index < -0.39 is 5.97 Å². The van der Waals surface area contributed by atoms with E-state index in [2.05, 4.69) is 6.92 Å². The van der Waals surface area contributed by atoms with Crippen LogP contribution in [0.5, 0.6) is 5.75 Å². The first-order valence-corrected chi connectivity index (χ1v) is 5.81. The molecule has 0 radical (unpaired) electrons. The summed E-state index contributed by atoms with van der Waals surface area (Å²) in [4.78, 5) is 10.7. The third-order valence-corrected chi connectivity index (χ3v) is 2.54. The molecule has 0 aliphatic carbocycles. The molecule has 1 rings (SSSR count). The van der Waals surface area contributed by atoms with Gasteiger partial charge in [0.25, 0.3) is 0 Å². The van der Waals surface area contributed by atoms with Crippen molar-refractivity contribution in [1.29, 1.82) is 0 Å². The van der Waals surface area contributed by atoms with Gasteiger partial charge in [-0.1, -0.05) is 26.0 Å². The van der Waals surface area contributed by atoms with Crippen LogP contribution in [0.2, 0.25) is 0 Å². The standard InChI is InChI=1S/C14H18O3/c1-3-11-6-5-7-13(10-11)17-9-8-12(4-2)14(15)16/h5-8,10H,3-4,9H2,1-2H3,(H,15,16). The summed E-state index contributed by atoms with van der Waals surface area (Å²) in [6, 6.07) is 7.83. The molecule has 0 saturated carbocycles. The van der Waals surface area contributed by atoms with E-state index in [1.807, 2.05) is 31.2 Å². The molecule has 0 bridgehead atoms. The first kappa shape index (κ1) is 13.3. The molecule has 0 spiro atoms. The molecule has 1 aromatic carbocycles. The Morgan fingerprint density at radius 1 is 1.41 bits per heavy atom. The second-order valence-corrected chi connectivity index (χ2v) is 3.70. The van der Waals surface area contributed by atoms with Gasteiger partial charge in [-0.3, -0.25) is 0 Å². The minimum atomic E-state index is -0.876. The van der Waals surface area contributed by atoms with E-state index in [9.17, 15) is 4.79 Å². The van der Waals surface area contributed by atoms with E-state index >= 15 is 0 Å². The Balaban J connectivity index is 2.58. The monoisotopic (exact) mass is 234 g/mol. The Kier molecular flexibility index (Phi) is 5.27. The quantitative estimate of drug-likeness (QED) is 0.769. The molecule has 0 aliphatic rings. The Morgan fingerprint density at radius 3 is 2.76 bits per heavy atom. The van der Waals surface area contributed by atoms with Crippen LogP contribution in [-0.2, 0) is 11.2 Å². The number of rotatable bonds is 6. The number of ether oxygens (including phenoxy) is 1. The smallest absolute Gasteiger partial charge is 0.331 e. The summed E-state index contributed by atoms with van der Waals surface area (Å²) in [6.45, 7) is 4.19. The molecule has 0 aliphatic heterocycles. The third kappa shape index (κ3) is 4.31. The first-order valence-electron chi connectivity index (χ1n) is 5.81. The van der Waals surface area contributed by atoms with E-state index in [0.29, 0.717) is 18.6 Å². The molecule has 0 atom stereocenters. The molecule has 0 saturated heterocycles. The summed E-state index contributed by atoms with van der Waals surface area (Å²) in [7, 11) is 0. The molecule has 0 aromatic heterocycles. The fourth-order valence-corrected chi connectivity index (χ4v) is 1.48. The molecule has 0 amide bonds. The Bertz CT molecular complexity index is 408. The summed E-state index contributed by atoms with van der Waals surface area (Å²) >= 11 is 0. The topological polar surface area (TPSA) is 46.5 Å². The molecular formula is C14H18O3. The van der Waals surface area contributed by atoms with Crippen LogP contribution in [0.1, 0.15) is 25.8 Å². The number of aryl methyl sites for hydroxylation is 1. The molecule has 0 fully saturated rings. The number of hydrogen-bond acceptors (Lipinski definition) is 2. The second-order valence-electron chi connectivity index (χ2n) is 3.70. The highest BCUT2D eigenvalue weighted by Gasteiger charge is 2.03. The second kappa shape index (κ2) is 6.74. The third-order valence-electron chi connectivity index (χ3n) is 2.54. The Hall–Kier alpha value is -1.77. The number of benzene rings is 1. The van der Waals surface area contributed by atoms with Crippen molar-refractivity contribution in [3.8, 4) is 5.75 Å². The van der Waals surface area contributed by atoms with Crippen molar-refractivity contribution in [2.75, 3.05) is 6.61 Å². The van der Waals surface area contributed by atoms with Crippen molar-refractivity contribution >= 4 is 5.97 Å². The predicted molar refractivity (Wildman–Crippen MR) is 67.3 cm³/mol. The maximum atomic E-state index is 10.7. The van der Waals surface area contributed by atoms with Crippen molar-refractivity contribution in [3.05, 3.63) is 41.5 Å². The summed E-state index contributed by atoms with van der Waals surface area (Å²) in [5, 5.41) is 8.83. The lowest BCUT2D eigenvalue weighted by molar-refractivity contribution is -0.132. The van der Waals surface area contributed by atoms with E-state index in [-0.39, 0.29) is 0 Å². The maximum Gasteiger partial charge on any atom is 0.331 e. The minimum Gasteiger partial charge on any atom is -0.490 e. The van der Waals surface area contributed by atoms with Gasteiger partial charge in [0.2, 0.25) is 0 Å². The summed E-state index contributed by atoms with van der Waals surface area (Å²) in [5.41, 5.74) is 1.59.